The van der Waals surface area contributed by atoms with E-state index in [1.54, 1.807) is 24.3 Å². The summed E-state index contributed by atoms with van der Waals surface area (Å²) in [6.07, 6.45) is 2.97. The number of nitrogens with zero attached hydrogens (tertiary/aromatic N) is 1. The molecule has 11 heteroatoms. The van der Waals surface area contributed by atoms with Gasteiger partial charge in [-0.25, -0.2) is 8.42 Å². The summed E-state index contributed by atoms with van der Waals surface area (Å²) < 4.78 is 40.9. The van der Waals surface area contributed by atoms with Crippen LogP contribution in [0.15, 0.2) is 65.7 Å². The Morgan fingerprint density at radius 2 is 1.88 bits per heavy atom. The fourth-order valence-electron chi connectivity index (χ4n) is 3.42. The molecule has 0 fully saturated rings. The molecule has 1 aliphatic rings. The van der Waals surface area contributed by atoms with Gasteiger partial charge < -0.3 is 30.6 Å². The van der Waals surface area contributed by atoms with Crippen molar-refractivity contribution in [2.75, 3.05) is 6.54 Å². The van der Waals surface area contributed by atoms with E-state index in [0.29, 0.717) is 36.7 Å². The summed E-state index contributed by atoms with van der Waals surface area (Å²) in [5.74, 6) is 1.07. The van der Waals surface area contributed by atoms with Crippen LogP contribution in [-0.4, -0.2) is 47.2 Å². The second-order valence-corrected chi connectivity index (χ2v) is 9.46. The zero-order valence-electron chi connectivity index (χ0n) is 19.0. The van der Waals surface area contributed by atoms with Crippen molar-refractivity contribution in [1.82, 2.24) is 5.32 Å². The van der Waals surface area contributed by atoms with E-state index in [4.69, 9.17) is 10.5 Å². The first-order valence-corrected chi connectivity index (χ1v) is 12.1. The molecule has 3 atom stereocenters. The molecule has 0 amide bonds. The number of hydrogen-bond donors (Lipinski definition) is 4. The molecule has 5 N–H and O–H groups in total. The van der Waals surface area contributed by atoms with Crippen LogP contribution in [0.5, 0.6) is 11.5 Å². The Bertz CT molecular complexity index is 1070. The van der Waals surface area contributed by atoms with E-state index in [9.17, 15) is 23.2 Å². The maximum absolute atomic E-state index is 11.7. The van der Waals surface area contributed by atoms with Crippen LogP contribution in [0.4, 0.5) is 0 Å². The molecule has 0 spiro atoms. The van der Waals surface area contributed by atoms with E-state index in [0.717, 1.165) is 5.56 Å². The van der Waals surface area contributed by atoms with Crippen molar-refractivity contribution in [3.8, 4) is 11.5 Å². The van der Waals surface area contributed by atoms with Gasteiger partial charge in [-0.2, -0.15) is 0 Å². The van der Waals surface area contributed by atoms with Gasteiger partial charge in [0.25, 0.3) is 0 Å². The Balaban J connectivity index is 0.00000408. The number of phenolic OH excluding ortho intramolecular Hbond substituents is 1. The number of nitrogens with one attached hydrogen (secondary N) is 1. The molecule has 3 rings (SSSR count). The molecule has 0 saturated carbocycles. The maximum Gasteiger partial charge on any atom is 1.00 e. The summed E-state index contributed by atoms with van der Waals surface area (Å²) in [5.41, 5.74) is 7.07. The van der Waals surface area contributed by atoms with Gasteiger partial charge in [0.05, 0.1) is 21.5 Å². The monoisotopic (exact) mass is 497 g/mol. The molecular weight excluding hydrogens is 469 g/mol. The minimum absolute atomic E-state index is 0. The Hall–Kier alpha value is -2.08. The van der Waals surface area contributed by atoms with Crippen LogP contribution >= 0.6 is 0 Å². The van der Waals surface area contributed by atoms with Crippen LogP contribution in [0, 0.1) is 0 Å². The second-order valence-electron chi connectivity index (χ2n) is 7.80. The van der Waals surface area contributed by atoms with E-state index >= 15 is 0 Å². The topological polar surface area (TPSA) is 157 Å². The predicted octanol–water partition coefficient (Wildman–Crippen LogP) is -1.06. The van der Waals surface area contributed by atoms with Crippen molar-refractivity contribution in [3.63, 3.8) is 0 Å². The molecule has 0 bridgehead atoms. The Morgan fingerprint density at radius 3 is 2.50 bits per heavy atom. The molecule has 178 valence electrons. The summed E-state index contributed by atoms with van der Waals surface area (Å²) in [5, 5.41) is 21.3. The van der Waals surface area contributed by atoms with Crippen molar-refractivity contribution in [1.29, 1.82) is 0 Å². The van der Waals surface area contributed by atoms with Crippen molar-refractivity contribution in [2.45, 2.75) is 43.3 Å². The third-order valence-electron chi connectivity index (χ3n) is 5.30. The number of aromatic hydroxyl groups is 1. The van der Waals surface area contributed by atoms with Crippen molar-refractivity contribution in [2.24, 2.45) is 10.7 Å². The largest absolute Gasteiger partial charge is 1.00 e. The average molecular weight is 498 g/mol. The van der Waals surface area contributed by atoms with Crippen molar-refractivity contribution >= 4 is 16.1 Å². The quantitative estimate of drug-likeness (QED) is 0.184. The number of benzene rings is 2. The molecule has 2 aromatic rings. The molecule has 0 aliphatic carbocycles. The first-order chi connectivity index (χ1) is 15.7. The average Bonchev–Trinajstić information content (AvgIpc) is 2.76. The summed E-state index contributed by atoms with van der Waals surface area (Å²) in [6, 6.07) is 13.2. The summed E-state index contributed by atoms with van der Waals surface area (Å²) in [7, 11) is -4.51. The molecule has 0 aromatic heterocycles. The molecule has 34 heavy (non-hydrogen) atoms. The van der Waals surface area contributed by atoms with Gasteiger partial charge >= 0.3 is 29.6 Å². The number of guanidine groups is 1. The Kier molecular flexibility index (Phi) is 10.9. The van der Waals surface area contributed by atoms with Gasteiger partial charge in [-0.1, -0.05) is 36.4 Å². The molecule has 1 heterocycles. The molecule has 1 aliphatic heterocycles. The van der Waals surface area contributed by atoms with Gasteiger partial charge in [0.15, 0.2) is 12.2 Å². The van der Waals surface area contributed by atoms with Crippen LogP contribution in [0.1, 0.15) is 36.5 Å². The van der Waals surface area contributed by atoms with Crippen molar-refractivity contribution in [3.05, 3.63) is 71.8 Å². The van der Waals surface area contributed by atoms with Gasteiger partial charge in [-0.3, -0.25) is 4.99 Å². The van der Waals surface area contributed by atoms with Crippen LogP contribution < -0.4 is 45.3 Å². The summed E-state index contributed by atoms with van der Waals surface area (Å²) in [6.45, 7) is 0.590. The zero-order valence-corrected chi connectivity index (χ0v) is 21.8. The molecule has 2 aromatic carbocycles. The fourth-order valence-corrected chi connectivity index (χ4v) is 4.18. The third-order valence-corrected chi connectivity index (χ3v) is 6.54. The standard InChI is InChI=1S/C23H29N3O6S.Na/c24-23-25-15-14-22(26-23)32-19-11-4-16(5-12-19)6-13-20(33(29,30)31)2-1-3-21(28)17-7-9-18(27)10-8-17;/h1,3-5,7-12,20-22,27-28H,2,6,13-15H2,(H3,24,25,26)(H,29,30,31);/q;+1/p-1. The van der Waals surface area contributed by atoms with E-state index in [1.165, 1.54) is 24.3 Å². The van der Waals surface area contributed by atoms with Gasteiger partial charge in [0, 0.05) is 13.0 Å². The number of ether oxygens (including phenoxy) is 1. The molecule has 9 nitrogen and oxygen atoms in total. The van der Waals surface area contributed by atoms with Crippen LogP contribution in [0.2, 0.25) is 0 Å². The first kappa shape index (κ1) is 28.2. The van der Waals surface area contributed by atoms with Crippen LogP contribution in [0.25, 0.3) is 0 Å². The minimum Gasteiger partial charge on any atom is -0.748 e. The second kappa shape index (κ2) is 13.1. The van der Waals surface area contributed by atoms with Crippen LogP contribution in [-0.2, 0) is 16.5 Å². The fraction of sp³-hybridized carbons (Fsp3) is 0.348. The summed E-state index contributed by atoms with van der Waals surface area (Å²) >= 11 is 0. The number of aliphatic hydroxyl groups is 1. The number of aliphatic imine (C=N–C) groups is 1. The minimum atomic E-state index is -4.51. The molecule has 0 radical (unpaired) electrons. The third kappa shape index (κ3) is 8.94. The number of aliphatic hydroxyl groups excluding tert-OH is 1. The molecular formula is C23H28N3NaO6S. The van der Waals surface area contributed by atoms with Gasteiger partial charge in [-0.15, -0.1) is 0 Å². The van der Waals surface area contributed by atoms with E-state index < -0.39 is 21.5 Å². The van der Waals surface area contributed by atoms with Gasteiger partial charge in [-0.05, 0) is 54.7 Å². The SMILES string of the molecule is NC1=NCCC(Oc2ccc(CCC(CC=CC(O)c3ccc(O)cc3)S(=O)(=O)[O-])cc2)N1.[Na+]. The zero-order chi connectivity index (χ0) is 23.8. The van der Waals surface area contributed by atoms with E-state index in [1.807, 2.05) is 12.1 Å². The van der Waals surface area contributed by atoms with E-state index in [-0.39, 0.29) is 54.4 Å². The number of aryl methyl sites for hydroxylation is 1. The Labute approximate surface area is 221 Å². The Morgan fingerprint density at radius 1 is 1.21 bits per heavy atom. The number of allylic oxidation sites excluding steroid dienone is 1. The van der Waals surface area contributed by atoms with Crippen LogP contribution in [0.3, 0.4) is 0 Å². The van der Waals surface area contributed by atoms with Gasteiger partial charge in [0.1, 0.15) is 11.5 Å². The normalized spacial score (nSPS) is 17.8. The summed E-state index contributed by atoms with van der Waals surface area (Å²) in [4.78, 5) is 4.05. The van der Waals surface area contributed by atoms with E-state index in [2.05, 4.69) is 10.3 Å². The first-order valence-electron chi connectivity index (χ1n) is 10.6. The van der Waals surface area contributed by atoms with Gasteiger partial charge in [0.2, 0.25) is 0 Å². The number of rotatable bonds is 10. The smallest absolute Gasteiger partial charge is 0.748 e. The number of nitrogens with two attached hydrogens (primary N) is 1. The van der Waals surface area contributed by atoms with Crippen molar-refractivity contribution < 1.29 is 57.5 Å². The molecule has 0 saturated heterocycles. The maximum atomic E-state index is 11.7. The predicted molar refractivity (Wildman–Crippen MR) is 124 cm³/mol. The number of hydrogen-bond acceptors (Lipinski definition) is 9. The molecule has 3 unspecified atom stereocenters. The number of phenols is 1.